The average Bonchev–Trinajstić information content (AvgIpc) is 2.74. The van der Waals surface area contributed by atoms with Crippen LogP contribution in [0.15, 0.2) is 0 Å². The van der Waals surface area contributed by atoms with Gasteiger partial charge < -0.3 is 5.32 Å². The molecular formula is C10H20N2. The van der Waals surface area contributed by atoms with Crippen molar-refractivity contribution >= 4 is 0 Å². The largest absolute Gasteiger partial charge is 0.315 e. The number of likely N-dealkylation sites (N-methyl/N-ethyl adjacent to an activating group) is 1. The third-order valence-corrected chi connectivity index (χ3v) is 3.46. The maximum atomic E-state index is 3.45. The first-order valence-corrected chi connectivity index (χ1v) is 5.33. The molecule has 0 aromatic rings. The molecule has 1 aliphatic carbocycles. The number of rotatable bonds is 2. The fourth-order valence-corrected chi connectivity index (χ4v) is 2.79. The Morgan fingerprint density at radius 3 is 2.50 bits per heavy atom. The highest BCUT2D eigenvalue weighted by atomic mass is 15.2. The molecule has 1 heterocycles. The molecule has 12 heavy (non-hydrogen) atoms. The van der Waals surface area contributed by atoms with Crippen LogP contribution in [0.2, 0.25) is 0 Å². The topological polar surface area (TPSA) is 15.3 Å². The summed E-state index contributed by atoms with van der Waals surface area (Å²) in [7, 11) is 2.11. The maximum Gasteiger partial charge on any atom is 0.0249 e. The average molecular weight is 168 g/mol. The van der Waals surface area contributed by atoms with Gasteiger partial charge in [0.15, 0.2) is 0 Å². The molecule has 0 aromatic carbocycles. The van der Waals surface area contributed by atoms with Crippen LogP contribution in [0.3, 0.4) is 0 Å². The highest BCUT2D eigenvalue weighted by Crippen LogP contribution is 2.26. The van der Waals surface area contributed by atoms with E-state index in [1.807, 2.05) is 0 Å². The molecule has 1 saturated heterocycles. The van der Waals surface area contributed by atoms with Crippen molar-refractivity contribution in [3.05, 3.63) is 0 Å². The molecule has 0 bridgehead atoms. The van der Waals surface area contributed by atoms with Crippen molar-refractivity contribution in [1.29, 1.82) is 0 Å². The van der Waals surface area contributed by atoms with Gasteiger partial charge in [-0.15, -0.1) is 0 Å². The fraction of sp³-hybridized carbons (Fsp3) is 1.00. The summed E-state index contributed by atoms with van der Waals surface area (Å²) in [6.07, 6.45) is 7.08. The Kier molecular flexibility index (Phi) is 2.66. The highest BCUT2D eigenvalue weighted by molar-refractivity contribution is 4.90. The summed E-state index contributed by atoms with van der Waals surface area (Å²) in [5, 5.41) is 3.45. The van der Waals surface area contributed by atoms with Crippen LogP contribution in [0.1, 0.15) is 32.1 Å². The second kappa shape index (κ2) is 3.75. The van der Waals surface area contributed by atoms with Gasteiger partial charge in [-0.2, -0.15) is 0 Å². The normalized spacial score (nSPS) is 37.8. The summed E-state index contributed by atoms with van der Waals surface area (Å²) < 4.78 is 0. The van der Waals surface area contributed by atoms with Crippen LogP contribution in [0, 0.1) is 0 Å². The number of nitrogens with zero attached hydrogens (tertiary/aromatic N) is 1. The van der Waals surface area contributed by atoms with Crippen molar-refractivity contribution in [2.75, 3.05) is 20.1 Å². The van der Waals surface area contributed by atoms with E-state index in [0.717, 1.165) is 12.1 Å². The quantitative estimate of drug-likeness (QED) is 0.667. The van der Waals surface area contributed by atoms with Gasteiger partial charge in [0.1, 0.15) is 0 Å². The van der Waals surface area contributed by atoms with Crippen molar-refractivity contribution in [2.24, 2.45) is 0 Å². The van der Waals surface area contributed by atoms with Gasteiger partial charge in [-0.3, -0.25) is 4.90 Å². The van der Waals surface area contributed by atoms with Gasteiger partial charge in [-0.05, 0) is 45.8 Å². The van der Waals surface area contributed by atoms with Crippen molar-refractivity contribution < 1.29 is 0 Å². The van der Waals surface area contributed by atoms with Crippen LogP contribution in [0.4, 0.5) is 0 Å². The van der Waals surface area contributed by atoms with Crippen molar-refractivity contribution in [1.82, 2.24) is 10.2 Å². The van der Waals surface area contributed by atoms with Gasteiger partial charge in [-0.1, -0.05) is 6.42 Å². The van der Waals surface area contributed by atoms with Crippen LogP contribution in [-0.2, 0) is 0 Å². The van der Waals surface area contributed by atoms with E-state index in [2.05, 4.69) is 17.3 Å². The Morgan fingerprint density at radius 2 is 1.83 bits per heavy atom. The molecule has 1 saturated carbocycles. The first-order valence-electron chi connectivity index (χ1n) is 5.33. The summed E-state index contributed by atoms with van der Waals surface area (Å²) in [5.41, 5.74) is 0. The molecule has 2 nitrogen and oxygen atoms in total. The van der Waals surface area contributed by atoms with Gasteiger partial charge in [0.05, 0.1) is 0 Å². The summed E-state index contributed by atoms with van der Waals surface area (Å²) in [6.45, 7) is 2.70. The minimum Gasteiger partial charge on any atom is -0.315 e. The third kappa shape index (κ3) is 1.50. The molecule has 0 radical (unpaired) electrons. The molecule has 2 aliphatic rings. The number of likely N-dealkylation sites (tertiary alicyclic amines) is 1. The zero-order chi connectivity index (χ0) is 8.39. The molecule has 0 amide bonds. The SMILES string of the molecule is CNC1CCCC1N1CCCC1. The molecule has 70 valence electrons. The molecule has 2 rings (SSSR count). The van der Waals surface area contributed by atoms with E-state index in [9.17, 15) is 0 Å². The molecule has 2 heteroatoms. The van der Waals surface area contributed by atoms with Crippen LogP contribution in [-0.4, -0.2) is 37.1 Å². The van der Waals surface area contributed by atoms with Crippen molar-refractivity contribution in [3.8, 4) is 0 Å². The third-order valence-electron chi connectivity index (χ3n) is 3.46. The standard InChI is InChI=1S/C10H20N2/c1-11-9-5-4-6-10(9)12-7-2-3-8-12/h9-11H,2-8H2,1H3. The molecule has 0 aromatic heterocycles. The fourth-order valence-electron chi connectivity index (χ4n) is 2.79. The lowest BCUT2D eigenvalue weighted by Gasteiger charge is -2.28. The lowest BCUT2D eigenvalue weighted by atomic mass is 10.1. The van der Waals surface area contributed by atoms with Gasteiger partial charge >= 0.3 is 0 Å². The van der Waals surface area contributed by atoms with Crippen molar-refractivity contribution in [2.45, 2.75) is 44.2 Å². The zero-order valence-electron chi connectivity index (χ0n) is 8.05. The first kappa shape index (κ1) is 8.52. The molecule has 2 unspecified atom stereocenters. The van der Waals surface area contributed by atoms with E-state index >= 15 is 0 Å². The Balaban J connectivity index is 1.92. The second-order valence-corrected chi connectivity index (χ2v) is 4.14. The van der Waals surface area contributed by atoms with E-state index in [1.54, 1.807) is 0 Å². The predicted molar refractivity (Wildman–Crippen MR) is 51.3 cm³/mol. The Bertz CT molecular complexity index is 141. The van der Waals surface area contributed by atoms with Crippen LogP contribution < -0.4 is 5.32 Å². The van der Waals surface area contributed by atoms with E-state index < -0.39 is 0 Å². The minimum absolute atomic E-state index is 0.781. The monoisotopic (exact) mass is 168 g/mol. The lowest BCUT2D eigenvalue weighted by Crippen LogP contribution is -2.44. The smallest absolute Gasteiger partial charge is 0.0249 e. The summed E-state index contributed by atoms with van der Waals surface area (Å²) >= 11 is 0. The Morgan fingerprint density at radius 1 is 1.08 bits per heavy atom. The molecule has 1 N–H and O–H groups in total. The summed E-state index contributed by atoms with van der Waals surface area (Å²) in [6, 6.07) is 1.64. The van der Waals surface area contributed by atoms with E-state index in [1.165, 1.54) is 45.2 Å². The predicted octanol–water partition coefficient (Wildman–Crippen LogP) is 1.22. The first-order chi connectivity index (χ1) is 5.92. The van der Waals surface area contributed by atoms with Crippen LogP contribution in [0.25, 0.3) is 0 Å². The molecule has 1 aliphatic heterocycles. The highest BCUT2D eigenvalue weighted by Gasteiger charge is 2.31. The van der Waals surface area contributed by atoms with Crippen LogP contribution >= 0.6 is 0 Å². The zero-order valence-corrected chi connectivity index (χ0v) is 8.05. The number of nitrogens with one attached hydrogen (secondary N) is 1. The van der Waals surface area contributed by atoms with Gasteiger partial charge in [0.2, 0.25) is 0 Å². The Hall–Kier alpha value is -0.0800. The summed E-state index contributed by atoms with van der Waals surface area (Å²) in [4.78, 5) is 2.69. The molecule has 2 atom stereocenters. The number of hydrogen-bond donors (Lipinski definition) is 1. The molecular weight excluding hydrogens is 148 g/mol. The van der Waals surface area contributed by atoms with Crippen molar-refractivity contribution in [3.63, 3.8) is 0 Å². The summed E-state index contributed by atoms with van der Waals surface area (Å²) in [5.74, 6) is 0. The van der Waals surface area contributed by atoms with E-state index in [4.69, 9.17) is 0 Å². The minimum atomic E-state index is 0.781. The number of hydrogen-bond acceptors (Lipinski definition) is 2. The van der Waals surface area contributed by atoms with E-state index in [-0.39, 0.29) is 0 Å². The van der Waals surface area contributed by atoms with E-state index in [0.29, 0.717) is 0 Å². The second-order valence-electron chi connectivity index (χ2n) is 4.14. The van der Waals surface area contributed by atoms with Gasteiger partial charge in [0.25, 0.3) is 0 Å². The van der Waals surface area contributed by atoms with Gasteiger partial charge in [0, 0.05) is 12.1 Å². The lowest BCUT2D eigenvalue weighted by molar-refractivity contribution is 0.216. The van der Waals surface area contributed by atoms with Gasteiger partial charge in [-0.25, -0.2) is 0 Å². The molecule has 0 spiro atoms. The molecule has 2 fully saturated rings. The Labute approximate surface area is 75.3 Å². The maximum absolute atomic E-state index is 3.45. The van der Waals surface area contributed by atoms with Crippen LogP contribution in [0.5, 0.6) is 0 Å².